The highest BCUT2D eigenvalue weighted by Gasteiger charge is 2.27. The molecule has 3 N–H and O–H groups in total. The number of hydrogen-bond donors (Lipinski definition) is 3. The monoisotopic (exact) mass is 460 g/mol. The first kappa shape index (κ1) is 22.8. The smallest absolute Gasteiger partial charge is 0.256 e. The van der Waals surface area contributed by atoms with Gasteiger partial charge >= 0.3 is 0 Å². The normalized spacial score (nSPS) is 18.0. The van der Waals surface area contributed by atoms with E-state index in [1.54, 1.807) is 6.07 Å². The molecule has 8 nitrogen and oxygen atoms in total. The average Bonchev–Trinajstić information content (AvgIpc) is 3.45. The number of anilines is 1. The van der Waals surface area contributed by atoms with Crippen molar-refractivity contribution in [1.82, 2.24) is 14.9 Å². The van der Waals surface area contributed by atoms with Crippen molar-refractivity contribution in [3.63, 3.8) is 0 Å². The third-order valence-electron chi connectivity index (χ3n) is 6.50. The Labute approximate surface area is 189 Å². The van der Waals surface area contributed by atoms with Crippen LogP contribution in [0.2, 0.25) is 0 Å². The molecule has 4 rings (SSSR count). The largest absolute Gasteiger partial charge is 0.495 e. The van der Waals surface area contributed by atoms with Gasteiger partial charge in [-0.05, 0) is 43.4 Å². The third kappa shape index (κ3) is 5.50. The van der Waals surface area contributed by atoms with E-state index in [9.17, 15) is 13.2 Å². The second kappa shape index (κ2) is 10.0. The number of nitrogens with one attached hydrogen (secondary N) is 3. The molecule has 0 radical (unpaired) electrons. The zero-order valence-electron chi connectivity index (χ0n) is 18.5. The molecule has 0 spiro atoms. The molecule has 174 valence electrons. The van der Waals surface area contributed by atoms with Gasteiger partial charge in [0, 0.05) is 23.4 Å². The van der Waals surface area contributed by atoms with Gasteiger partial charge in [-0.25, -0.2) is 13.1 Å². The number of aromatic nitrogens is 2. The van der Waals surface area contributed by atoms with Gasteiger partial charge in [0.1, 0.15) is 10.6 Å². The number of amides is 1. The molecule has 32 heavy (non-hydrogen) atoms. The number of H-pyrrole nitrogens is 1. The number of methoxy groups -OCH3 is 1. The number of ether oxygens (including phenoxy) is 1. The summed E-state index contributed by atoms with van der Waals surface area (Å²) in [5, 5.41) is 9.99. The molecule has 0 aliphatic heterocycles. The van der Waals surface area contributed by atoms with Crippen molar-refractivity contribution in [1.29, 1.82) is 0 Å². The minimum Gasteiger partial charge on any atom is -0.495 e. The van der Waals surface area contributed by atoms with Crippen molar-refractivity contribution in [2.45, 2.75) is 75.1 Å². The minimum absolute atomic E-state index is 0.0282. The molecular formula is C23H32N4O4S. The van der Waals surface area contributed by atoms with Crippen LogP contribution in [0.4, 0.5) is 5.82 Å². The molecule has 2 aromatic rings. The maximum absolute atomic E-state index is 13.0. The van der Waals surface area contributed by atoms with Gasteiger partial charge in [-0.1, -0.05) is 44.9 Å². The first-order chi connectivity index (χ1) is 15.4. The Bertz CT molecular complexity index is 1040. The average molecular weight is 461 g/mol. The van der Waals surface area contributed by atoms with E-state index in [0.29, 0.717) is 11.7 Å². The van der Waals surface area contributed by atoms with Crippen LogP contribution in [0.1, 0.15) is 73.8 Å². The number of carbonyl (C=O) groups excluding carboxylic acids is 1. The number of benzene rings is 1. The van der Waals surface area contributed by atoms with E-state index >= 15 is 0 Å². The Morgan fingerprint density at radius 3 is 2.53 bits per heavy atom. The van der Waals surface area contributed by atoms with Crippen LogP contribution in [0.15, 0.2) is 29.2 Å². The molecule has 2 fully saturated rings. The summed E-state index contributed by atoms with van der Waals surface area (Å²) in [6.07, 6.45) is 10.9. The van der Waals surface area contributed by atoms with Crippen molar-refractivity contribution >= 4 is 21.7 Å². The fourth-order valence-electron chi connectivity index (χ4n) is 4.78. The van der Waals surface area contributed by atoms with Crippen LogP contribution in [-0.2, 0) is 16.4 Å². The molecule has 0 saturated heterocycles. The molecule has 0 bridgehead atoms. The Morgan fingerprint density at radius 1 is 1.09 bits per heavy atom. The predicted octanol–water partition coefficient (Wildman–Crippen LogP) is 4.01. The highest BCUT2D eigenvalue weighted by molar-refractivity contribution is 7.89. The fraction of sp³-hybridized carbons (Fsp3) is 0.565. The Kier molecular flexibility index (Phi) is 7.15. The van der Waals surface area contributed by atoms with Gasteiger partial charge in [0.15, 0.2) is 5.82 Å². The van der Waals surface area contributed by atoms with Gasteiger partial charge in [0.25, 0.3) is 5.91 Å². The second-order valence-corrected chi connectivity index (χ2v) is 10.6. The second-order valence-electron chi connectivity index (χ2n) is 8.91. The number of sulfonamides is 1. The first-order valence-electron chi connectivity index (χ1n) is 11.5. The van der Waals surface area contributed by atoms with E-state index in [4.69, 9.17) is 4.74 Å². The molecule has 1 aromatic heterocycles. The molecule has 0 unspecified atom stereocenters. The van der Waals surface area contributed by atoms with E-state index in [1.165, 1.54) is 51.3 Å². The highest BCUT2D eigenvalue weighted by atomic mass is 32.2. The Hall–Kier alpha value is -2.39. The highest BCUT2D eigenvalue weighted by Crippen LogP contribution is 2.29. The number of hydrogen-bond acceptors (Lipinski definition) is 5. The molecule has 9 heteroatoms. The zero-order chi connectivity index (χ0) is 22.6. The van der Waals surface area contributed by atoms with E-state index < -0.39 is 15.9 Å². The maximum atomic E-state index is 13.0. The summed E-state index contributed by atoms with van der Waals surface area (Å²) in [7, 11) is -2.39. The summed E-state index contributed by atoms with van der Waals surface area (Å²) in [5.74, 6) is 0.891. The van der Waals surface area contributed by atoms with Crippen LogP contribution in [0.25, 0.3) is 0 Å². The van der Waals surface area contributed by atoms with Gasteiger partial charge in [-0.2, -0.15) is 5.10 Å². The van der Waals surface area contributed by atoms with E-state index in [2.05, 4.69) is 20.2 Å². The van der Waals surface area contributed by atoms with Crippen LogP contribution in [-0.4, -0.2) is 37.7 Å². The summed E-state index contributed by atoms with van der Waals surface area (Å²) in [6.45, 7) is 0. The lowest BCUT2D eigenvalue weighted by Crippen LogP contribution is -2.33. The molecule has 1 amide bonds. The molecule has 2 aliphatic rings. The van der Waals surface area contributed by atoms with E-state index in [-0.39, 0.29) is 22.3 Å². The molecule has 1 aromatic carbocycles. The number of nitrogens with zero attached hydrogens (tertiary/aromatic N) is 1. The van der Waals surface area contributed by atoms with Gasteiger partial charge in [-0.3, -0.25) is 9.89 Å². The number of rotatable bonds is 8. The lowest BCUT2D eigenvalue weighted by molar-refractivity contribution is 0.102. The molecule has 1 heterocycles. The molecule has 2 saturated carbocycles. The summed E-state index contributed by atoms with van der Waals surface area (Å²) in [5.41, 5.74) is 1.24. The van der Waals surface area contributed by atoms with Crippen LogP contribution < -0.4 is 14.8 Å². The van der Waals surface area contributed by atoms with E-state index in [0.717, 1.165) is 37.8 Å². The SMILES string of the molecule is COc1ccc(C(=O)Nc2cc(CC3CCCCC3)[nH]n2)cc1S(=O)(=O)NC1CCCC1. The predicted molar refractivity (Wildman–Crippen MR) is 122 cm³/mol. The lowest BCUT2D eigenvalue weighted by atomic mass is 9.86. The van der Waals surface area contributed by atoms with Crippen molar-refractivity contribution in [3.8, 4) is 5.75 Å². The Morgan fingerprint density at radius 2 is 1.81 bits per heavy atom. The summed E-state index contributed by atoms with van der Waals surface area (Å²) >= 11 is 0. The minimum atomic E-state index is -3.80. The van der Waals surface area contributed by atoms with E-state index in [1.807, 2.05) is 6.07 Å². The quantitative estimate of drug-likeness (QED) is 0.551. The Balaban J connectivity index is 1.46. The third-order valence-corrected chi connectivity index (χ3v) is 8.04. The van der Waals surface area contributed by atoms with Crippen LogP contribution in [0, 0.1) is 5.92 Å². The topological polar surface area (TPSA) is 113 Å². The summed E-state index contributed by atoms with van der Waals surface area (Å²) in [4.78, 5) is 12.8. The van der Waals surface area contributed by atoms with Crippen LogP contribution in [0.5, 0.6) is 5.75 Å². The van der Waals surface area contributed by atoms with Crippen molar-refractivity contribution in [3.05, 3.63) is 35.5 Å². The molecular weight excluding hydrogens is 428 g/mol. The summed E-state index contributed by atoms with van der Waals surface area (Å²) in [6, 6.07) is 6.21. The molecule has 2 aliphatic carbocycles. The maximum Gasteiger partial charge on any atom is 0.256 e. The zero-order valence-corrected chi connectivity index (χ0v) is 19.3. The van der Waals surface area contributed by atoms with Crippen molar-refractivity contribution in [2.24, 2.45) is 5.92 Å². The number of carbonyl (C=O) groups is 1. The summed E-state index contributed by atoms with van der Waals surface area (Å²) < 4.78 is 33.9. The van der Waals surface area contributed by atoms with Gasteiger partial charge < -0.3 is 10.1 Å². The van der Waals surface area contributed by atoms with Gasteiger partial charge in [-0.15, -0.1) is 0 Å². The van der Waals surface area contributed by atoms with Crippen molar-refractivity contribution in [2.75, 3.05) is 12.4 Å². The first-order valence-corrected chi connectivity index (χ1v) is 13.0. The fourth-order valence-corrected chi connectivity index (χ4v) is 6.28. The standard InChI is InChI=1S/C23H32N4O4S/c1-31-20-12-11-17(14-21(20)32(29,30)27-18-9-5-6-10-18)23(28)24-22-15-19(25-26-22)13-16-7-3-2-4-8-16/h11-12,14-16,18,27H,2-10,13H2,1H3,(H2,24,25,26,28). The molecule has 0 atom stereocenters. The van der Waals surface area contributed by atoms with Crippen molar-refractivity contribution < 1.29 is 17.9 Å². The van der Waals surface area contributed by atoms with Crippen LogP contribution in [0.3, 0.4) is 0 Å². The number of aromatic amines is 1. The lowest BCUT2D eigenvalue weighted by Gasteiger charge is -2.20. The van der Waals surface area contributed by atoms with Gasteiger partial charge in [0.2, 0.25) is 10.0 Å². The van der Waals surface area contributed by atoms with Gasteiger partial charge in [0.05, 0.1) is 7.11 Å². The van der Waals surface area contributed by atoms with Crippen LogP contribution >= 0.6 is 0 Å².